The molecule has 1 fully saturated rings. The molecule has 0 aliphatic carbocycles. The normalized spacial score (nSPS) is 29.2. The Kier molecular flexibility index (Phi) is 7.54. The van der Waals surface area contributed by atoms with Gasteiger partial charge in [0.1, 0.15) is 24.4 Å². The van der Waals surface area contributed by atoms with E-state index in [0.717, 1.165) is 5.56 Å². The van der Waals surface area contributed by atoms with E-state index >= 15 is 0 Å². The topological polar surface area (TPSA) is 97.2 Å². The maximum absolute atomic E-state index is 11.6. The summed E-state index contributed by atoms with van der Waals surface area (Å²) in [4.78, 5) is 11.6. The number of aliphatic hydroxyl groups is 2. The fourth-order valence-electron chi connectivity index (χ4n) is 2.73. The van der Waals surface area contributed by atoms with Gasteiger partial charge < -0.3 is 29.7 Å². The van der Waals surface area contributed by atoms with Crippen LogP contribution in [0.5, 0.6) is 0 Å². The second-order valence-electron chi connectivity index (χ2n) is 5.83. The summed E-state index contributed by atoms with van der Waals surface area (Å²) < 4.78 is 17.0. The lowest BCUT2D eigenvalue weighted by Crippen LogP contribution is -2.65. The smallest absolute Gasteiger partial charge is 0.217 e. The Labute approximate surface area is 147 Å². The maximum Gasteiger partial charge on any atom is 0.217 e. The van der Waals surface area contributed by atoms with Crippen molar-refractivity contribution < 1.29 is 29.2 Å². The SMILES string of the molecule is C=CCO[C@@H]1O[C@H](CO)[C@@H](O)[C@H](OCc2ccccc2)[C@H]1NC(C)=O. The number of carbonyl (C=O) groups excluding carboxylic acids is 1. The molecule has 0 saturated carbocycles. The van der Waals surface area contributed by atoms with Gasteiger partial charge in [-0.15, -0.1) is 6.58 Å². The summed E-state index contributed by atoms with van der Waals surface area (Å²) >= 11 is 0. The van der Waals surface area contributed by atoms with Gasteiger partial charge in [0.2, 0.25) is 5.91 Å². The lowest BCUT2D eigenvalue weighted by Gasteiger charge is -2.44. The Morgan fingerprint density at radius 3 is 2.68 bits per heavy atom. The van der Waals surface area contributed by atoms with Crippen LogP contribution in [0.15, 0.2) is 43.0 Å². The highest BCUT2D eigenvalue weighted by molar-refractivity contribution is 5.73. The Bertz CT molecular complexity index is 552. The van der Waals surface area contributed by atoms with Crippen molar-refractivity contribution in [1.82, 2.24) is 5.32 Å². The summed E-state index contributed by atoms with van der Waals surface area (Å²) in [5.74, 6) is -0.302. The van der Waals surface area contributed by atoms with Gasteiger partial charge in [-0.3, -0.25) is 4.79 Å². The van der Waals surface area contributed by atoms with Crippen molar-refractivity contribution >= 4 is 5.91 Å². The van der Waals surface area contributed by atoms with Gasteiger partial charge in [0.15, 0.2) is 6.29 Å². The minimum atomic E-state index is -1.12. The summed E-state index contributed by atoms with van der Waals surface area (Å²) in [5.41, 5.74) is 0.923. The summed E-state index contributed by atoms with van der Waals surface area (Å²) in [6.07, 6.45) is -2.12. The highest BCUT2D eigenvalue weighted by Gasteiger charge is 2.46. The maximum atomic E-state index is 11.6. The van der Waals surface area contributed by atoms with Crippen LogP contribution in [0, 0.1) is 0 Å². The van der Waals surface area contributed by atoms with Gasteiger partial charge in [0.05, 0.1) is 19.8 Å². The molecule has 1 aliphatic heterocycles. The molecule has 1 heterocycles. The molecule has 7 nitrogen and oxygen atoms in total. The predicted molar refractivity (Wildman–Crippen MR) is 90.5 cm³/mol. The lowest BCUT2D eigenvalue weighted by molar-refractivity contribution is -0.275. The molecule has 0 unspecified atom stereocenters. The average molecular weight is 351 g/mol. The van der Waals surface area contributed by atoms with Crippen molar-refractivity contribution in [1.29, 1.82) is 0 Å². The average Bonchev–Trinajstić information content (AvgIpc) is 2.61. The third kappa shape index (κ3) is 5.35. The molecule has 7 heteroatoms. The van der Waals surface area contributed by atoms with Crippen LogP contribution in [0.4, 0.5) is 0 Å². The summed E-state index contributed by atoms with van der Waals surface area (Å²) in [7, 11) is 0. The van der Waals surface area contributed by atoms with Crippen molar-refractivity contribution in [3.8, 4) is 0 Å². The molecule has 3 N–H and O–H groups in total. The Morgan fingerprint density at radius 2 is 2.08 bits per heavy atom. The molecule has 138 valence electrons. The Balaban J connectivity index is 2.17. The summed E-state index contributed by atoms with van der Waals surface area (Å²) in [5, 5.41) is 22.7. The van der Waals surface area contributed by atoms with E-state index < -0.39 is 37.3 Å². The number of amides is 1. The quantitative estimate of drug-likeness (QED) is 0.585. The largest absolute Gasteiger partial charge is 0.394 e. The van der Waals surface area contributed by atoms with Crippen molar-refractivity contribution in [3.05, 3.63) is 48.6 Å². The van der Waals surface area contributed by atoms with Gasteiger partial charge in [-0.25, -0.2) is 0 Å². The van der Waals surface area contributed by atoms with Gasteiger partial charge in [-0.05, 0) is 5.56 Å². The molecule has 2 rings (SSSR count). The molecule has 0 spiro atoms. The van der Waals surface area contributed by atoms with E-state index in [1.54, 1.807) is 6.08 Å². The van der Waals surface area contributed by atoms with Crippen LogP contribution in [0.25, 0.3) is 0 Å². The number of nitrogens with one attached hydrogen (secondary N) is 1. The molecule has 1 aromatic carbocycles. The number of carbonyl (C=O) groups is 1. The van der Waals surface area contributed by atoms with Crippen LogP contribution in [-0.4, -0.2) is 60.0 Å². The Hall–Kier alpha value is -1.77. The standard InChI is InChI=1S/C18H25NO6/c1-3-9-23-18-15(19-12(2)21)17(16(22)14(10-20)25-18)24-11-13-7-5-4-6-8-13/h3-8,14-18,20,22H,1,9-11H2,2H3,(H,19,21)/t14-,15-,16-,17-,18-/m1/s1. The van der Waals surface area contributed by atoms with Gasteiger partial charge in [0.25, 0.3) is 0 Å². The van der Waals surface area contributed by atoms with Gasteiger partial charge in [0, 0.05) is 6.92 Å². The number of aliphatic hydroxyl groups excluding tert-OH is 2. The first-order valence-electron chi connectivity index (χ1n) is 8.16. The molecule has 5 atom stereocenters. The van der Waals surface area contributed by atoms with Gasteiger partial charge in [-0.1, -0.05) is 36.4 Å². The second kappa shape index (κ2) is 9.65. The molecule has 1 amide bonds. The zero-order valence-electron chi connectivity index (χ0n) is 14.2. The van der Waals surface area contributed by atoms with Crippen LogP contribution < -0.4 is 5.32 Å². The fraction of sp³-hybridized carbons (Fsp3) is 0.500. The number of benzene rings is 1. The number of ether oxygens (including phenoxy) is 3. The molecule has 25 heavy (non-hydrogen) atoms. The minimum Gasteiger partial charge on any atom is -0.394 e. The number of rotatable bonds is 8. The van der Waals surface area contributed by atoms with Crippen LogP contribution >= 0.6 is 0 Å². The van der Waals surface area contributed by atoms with E-state index in [1.807, 2.05) is 30.3 Å². The van der Waals surface area contributed by atoms with E-state index in [2.05, 4.69) is 11.9 Å². The summed E-state index contributed by atoms with van der Waals surface area (Å²) in [6, 6.07) is 8.74. The fourth-order valence-corrected chi connectivity index (χ4v) is 2.73. The molecule has 1 aliphatic rings. The highest BCUT2D eigenvalue weighted by Crippen LogP contribution is 2.25. The van der Waals surface area contributed by atoms with Crippen LogP contribution in [0.3, 0.4) is 0 Å². The molecule has 1 saturated heterocycles. The summed E-state index contributed by atoms with van der Waals surface area (Å²) in [6.45, 7) is 4.99. The molecule has 0 bridgehead atoms. The monoisotopic (exact) mass is 351 g/mol. The number of hydrogen-bond acceptors (Lipinski definition) is 6. The predicted octanol–water partition coefficient (Wildman–Crippen LogP) is 0.357. The Morgan fingerprint density at radius 1 is 1.36 bits per heavy atom. The zero-order chi connectivity index (χ0) is 18.2. The third-order valence-electron chi connectivity index (χ3n) is 3.89. The second-order valence-corrected chi connectivity index (χ2v) is 5.83. The van der Waals surface area contributed by atoms with E-state index in [1.165, 1.54) is 6.92 Å². The zero-order valence-corrected chi connectivity index (χ0v) is 14.2. The third-order valence-corrected chi connectivity index (χ3v) is 3.89. The molecule has 1 aromatic rings. The first-order chi connectivity index (χ1) is 12.1. The highest BCUT2D eigenvalue weighted by atomic mass is 16.7. The molecular formula is C18H25NO6. The van der Waals surface area contributed by atoms with Gasteiger partial charge in [-0.2, -0.15) is 0 Å². The first kappa shape index (κ1) is 19.6. The lowest BCUT2D eigenvalue weighted by atomic mass is 9.96. The van der Waals surface area contributed by atoms with E-state index in [0.29, 0.717) is 0 Å². The number of hydrogen-bond donors (Lipinski definition) is 3. The first-order valence-corrected chi connectivity index (χ1v) is 8.16. The molecule has 0 aromatic heterocycles. The van der Waals surface area contributed by atoms with E-state index in [-0.39, 0.29) is 19.1 Å². The minimum absolute atomic E-state index is 0.195. The van der Waals surface area contributed by atoms with Crippen LogP contribution in [-0.2, 0) is 25.6 Å². The van der Waals surface area contributed by atoms with Crippen molar-refractivity contribution in [3.63, 3.8) is 0 Å². The molecule has 0 radical (unpaired) electrons. The van der Waals surface area contributed by atoms with Crippen molar-refractivity contribution in [2.24, 2.45) is 0 Å². The van der Waals surface area contributed by atoms with Gasteiger partial charge >= 0.3 is 0 Å². The van der Waals surface area contributed by atoms with E-state index in [4.69, 9.17) is 14.2 Å². The van der Waals surface area contributed by atoms with E-state index in [9.17, 15) is 15.0 Å². The molecular weight excluding hydrogens is 326 g/mol. The van der Waals surface area contributed by atoms with Crippen molar-refractivity contribution in [2.75, 3.05) is 13.2 Å². The van der Waals surface area contributed by atoms with Crippen molar-refractivity contribution in [2.45, 2.75) is 44.2 Å². The van der Waals surface area contributed by atoms with Crippen LogP contribution in [0.2, 0.25) is 0 Å². The van der Waals surface area contributed by atoms with Crippen LogP contribution in [0.1, 0.15) is 12.5 Å².